The smallest absolute Gasteiger partial charge is 0.124 e. The SMILES string of the molecule is CCC(CC)Oc1ccc(F)cc1CNC1CC1. The highest BCUT2D eigenvalue weighted by atomic mass is 19.1. The van der Waals surface area contributed by atoms with Gasteiger partial charge in [0.15, 0.2) is 0 Å². The van der Waals surface area contributed by atoms with Gasteiger partial charge in [0.2, 0.25) is 0 Å². The van der Waals surface area contributed by atoms with E-state index >= 15 is 0 Å². The molecule has 0 heterocycles. The second-order valence-corrected chi connectivity index (χ2v) is 4.96. The van der Waals surface area contributed by atoms with Gasteiger partial charge >= 0.3 is 0 Å². The second kappa shape index (κ2) is 6.19. The third kappa shape index (κ3) is 3.70. The van der Waals surface area contributed by atoms with Gasteiger partial charge in [0.1, 0.15) is 11.6 Å². The molecule has 100 valence electrons. The lowest BCUT2D eigenvalue weighted by atomic mass is 10.1. The molecule has 1 saturated carbocycles. The van der Waals surface area contributed by atoms with Crippen LogP contribution in [0.2, 0.25) is 0 Å². The zero-order valence-corrected chi connectivity index (χ0v) is 11.2. The number of rotatable bonds is 7. The average molecular weight is 251 g/mol. The first-order valence-corrected chi connectivity index (χ1v) is 6.91. The molecular formula is C15H22FNO. The molecule has 3 heteroatoms. The van der Waals surface area contributed by atoms with Crippen molar-refractivity contribution in [1.82, 2.24) is 5.32 Å². The van der Waals surface area contributed by atoms with Gasteiger partial charge < -0.3 is 10.1 Å². The standard InChI is InChI=1S/C15H22FNO/c1-3-14(4-2)18-15-8-5-12(16)9-11(15)10-17-13-6-7-13/h5,8-9,13-14,17H,3-4,6-7,10H2,1-2H3. The molecule has 0 bridgehead atoms. The largest absolute Gasteiger partial charge is 0.490 e. The van der Waals surface area contributed by atoms with Crippen molar-refractivity contribution in [3.8, 4) is 5.75 Å². The lowest BCUT2D eigenvalue weighted by Gasteiger charge is -2.18. The highest BCUT2D eigenvalue weighted by molar-refractivity contribution is 5.34. The third-order valence-electron chi connectivity index (χ3n) is 3.39. The van der Waals surface area contributed by atoms with Crippen molar-refractivity contribution in [2.75, 3.05) is 0 Å². The Morgan fingerprint density at radius 2 is 2.06 bits per heavy atom. The fourth-order valence-corrected chi connectivity index (χ4v) is 1.98. The van der Waals surface area contributed by atoms with E-state index in [1.165, 1.54) is 18.9 Å². The van der Waals surface area contributed by atoms with E-state index in [0.717, 1.165) is 24.2 Å². The van der Waals surface area contributed by atoms with Crippen LogP contribution in [0.4, 0.5) is 4.39 Å². The Bertz CT molecular complexity index is 386. The predicted octanol–water partition coefficient (Wildman–Crippen LogP) is 3.65. The summed E-state index contributed by atoms with van der Waals surface area (Å²) in [7, 11) is 0. The Labute approximate surface area is 109 Å². The first kappa shape index (κ1) is 13.3. The lowest BCUT2D eigenvalue weighted by molar-refractivity contribution is 0.190. The maximum atomic E-state index is 13.3. The van der Waals surface area contributed by atoms with Crippen LogP contribution in [0.1, 0.15) is 45.1 Å². The van der Waals surface area contributed by atoms with Crippen LogP contribution in [-0.4, -0.2) is 12.1 Å². The van der Waals surface area contributed by atoms with Crippen molar-refractivity contribution >= 4 is 0 Å². The molecule has 18 heavy (non-hydrogen) atoms. The summed E-state index contributed by atoms with van der Waals surface area (Å²) in [6, 6.07) is 5.41. The van der Waals surface area contributed by atoms with Crippen molar-refractivity contribution in [2.24, 2.45) is 0 Å². The average Bonchev–Trinajstić information content (AvgIpc) is 3.19. The Morgan fingerprint density at radius 1 is 1.33 bits per heavy atom. The van der Waals surface area contributed by atoms with Crippen molar-refractivity contribution in [2.45, 2.75) is 58.2 Å². The maximum absolute atomic E-state index is 13.3. The Hall–Kier alpha value is -1.09. The molecule has 1 aliphatic rings. The molecule has 1 aliphatic carbocycles. The van der Waals surface area contributed by atoms with Crippen molar-refractivity contribution in [1.29, 1.82) is 0 Å². The molecule has 0 aliphatic heterocycles. The molecule has 0 saturated heterocycles. The lowest BCUT2D eigenvalue weighted by Crippen LogP contribution is -2.19. The Morgan fingerprint density at radius 3 is 2.67 bits per heavy atom. The van der Waals surface area contributed by atoms with Gasteiger partial charge in [0, 0.05) is 18.2 Å². The quantitative estimate of drug-likeness (QED) is 0.798. The zero-order valence-electron chi connectivity index (χ0n) is 11.2. The molecule has 0 aromatic heterocycles. The van der Waals surface area contributed by atoms with Crippen LogP contribution in [0.25, 0.3) is 0 Å². The van der Waals surface area contributed by atoms with Gasteiger partial charge in [0.05, 0.1) is 6.10 Å². The first-order valence-electron chi connectivity index (χ1n) is 6.91. The Balaban J connectivity index is 2.05. The molecule has 1 aromatic rings. The number of hydrogen-bond acceptors (Lipinski definition) is 2. The van der Waals surface area contributed by atoms with Crippen LogP contribution in [-0.2, 0) is 6.54 Å². The number of nitrogens with one attached hydrogen (secondary N) is 1. The summed E-state index contributed by atoms with van der Waals surface area (Å²) >= 11 is 0. The minimum absolute atomic E-state index is 0.195. The summed E-state index contributed by atoms with van der Waals surface area (Å²) in [4.78, 5) is 0. The molecular weight excluding hydrogens is 229 g/mol. The molecule has 0 atom stereocenters. The Kier molecular flexibility index (Phi) is 4.59. The van der Waals surface area contributed by atoms with Crippen molar-refractivity contribution < 1.29 is 9.13 Å². The number of halogens is 1. The van der Waals surface area contributed by atoms with Gasteiger partial charge in [-0.25, -0.2) is 4.39 Å². The maximum Gasteiger partial charge on any atom is 0.124 e. The minimum atomic E-state index is -0.195. The number of benzene rings is 1. The van der Waals surface area contributed by atoms with Crippen molar-refractivity contribution in [3.63, 3.8) is 0 Å². The van der Waals surface area contributed by atoms with Crippen LogP contribution in [0.5, 0.6) is 5.75 Å². The summed E-state index contributed by atoms with van der Waals surface area (Å²) in [5, 5.41) is 3.40. The molecule has 1 fully saturated rings. The molecule has 1 aromatic carbocycles. The fraction of sp³-hybridized carbons (Fsp3) is 0.600. The second-order valence-electron chi connectivity index (χ2n) is 4.96. The summed E-state index contributed by atoms with van der Waals surface area (Å²) in [6.45, 7) is 4.91. The topological polar surface area (TPSA) is 21.3 Å². The van der Waals surface area contributed by atoms with E-state index in [1.54, 1.807) is 12.1 Å². The zero-order chi connectivity index (χ0) is 13.0. The van der Waals surface area contributed by atoms with Crippen LogP contribution >= 0.6 is 0 Å². The summed E-state index contributed by atoms with van der Waals surface area (Å²) < 4.78 is 19.3. The van der Waals surface area contributed by atoms with E-state index in [4.69, 9.17) is 4.74 Å². The number of hydrogen-bond donors (Lipinski definition) is 1. The van der Waals surface area contributed by atoms with Gasteiger partial charge in [-0.2, -0.15) is 0 Å². The minimum Gasteiger partial charge on any atom is -0.490 e. The highest BCUT2D eigenvalue weighted by Crippen LogP contribution is 2.25. The highest BCUT2D eigenvalue weighted by Gasteiger charge is 2.21. The van der Waals surface area contributed by atoms with Gasteiger partial charge in [-0.15, -0.1) is 0 Å². The van der Waals surface area contributed by atoms with Crippen molar-refractivity contribution in [3.05, 3.63) is 29.6 Å². The van der Waals surface area contributed by atoms with E-state index in [0.29, 0.717) is 12.6 Å². The van der Waals surface area contributed by atoms with Crippen LogP contribution in [0, 0.1) is 5.82 Å². The molecule has 1 N–H and O–H groups in total. The van der Waals surface area contributed by atoms with E-state index in [9.17, 15) is 4.39 Å². The normalized spacial score (nSPS) is 15.1. The van der Waals surface area contributed by atoms with E-state index in [1.807, 2.05) is 0 Å². The molecule has 0 unspecified atom stereocenters. The van der Waals surface area contributed by atoms with Gasteiger partial charge in [0.25, 0.3) is 0 Å². The van der Waals surface area contributed by atoms with Crippen LogP contribution in [0.3, 0.4) is 0 Å². The summed E-state index contributed by atoms with van der Waals surface area (Å²) in [5.74, 6) is 0.623. The van der Waals surface area contributed by atoms with Crippen LogP contribution in [0.15, 0.2) is 18.2 Å². The predicted molar refractivity (Wildman–Crippen MR) is 71.3 cm³/mol. The number of ether oxygens (including phenoxy) is 1. The monoisotopic (exact) mass is 251 g/mol. The van der Waals surface area contributed by atoms with E-state index in [-0.39, 0.29) is 11.9 Å². The molecule has 2 nitrogen and oxygen atoms in total. The van der Waals surface area contributed by atoms with Gasteiger partial charge in [-0.1, -0.05) is 13.8 Å². The third-order valence-corrected chi connectivity index (χ3v) is 3.39. The van der Waals surface area contributed by atoms with Crippen LogP contribution < -0.4 is 10.1 Å². The molecule has 0 radical (unpaired) electrons. The molecule has 0 amide bonds. The first-order chi connectivity index (χ1) is 8.72. The van der Waals surface area contributed by atoms with Gasteiger partial charge in [-0.3, -0.25) is 0 Å². The fourth-order valence-electron chi connectivity index (χ4n) is 1.98. The summed E-state index contributed by atoms with van der Waals surface area (Å²) in [5.41, 5.74) is 0.925. The molecule has 0 spiro atoms. The van der Waals surface area contributed by atoms with E-state index < -0.39 is 0 Å². The van der Waals surface area contributed by atoms with E-state index in [2.05, 4.69) is 19.2 Å². The molecule has 2 rings (SSSR count). The van der Waals surface area contributed by atoms with Gasteiger partial charge in [-0.05, 0) is 43.9 Å². The summed E-state index contributed by atoms with van der Waals surface area (Å²) in [6.07, 6.45) is 4.64.